The second-order valence-corrected chi connectivity index (χ2v) is 10.4. The van der Waals surface area contributed by atoms with Crippen LogP contribution in [0.15, 0.2) is 17.2 Å². The van der Waals surface area contributed by atoms with Gasteiger partial charge in [0.2, 0.25) is 0 Å². The Morgan fingerprint density at radius 1 is 1.40 bits per heavy atom. The van der Waals surface area contributed by atoms with Gasteiger partial charge in [-0.1, -0.05) is 0 Å². The number of carbonyl (C=O) groups excluding carboxylic acids is 1. The first kappa shape index (κ1) is 16.9. The van der Waals surface area contributed by atoms with E-state index >= 15 is 0 Å². The summed E-state index contributed by atoms with van der Waals surface area (Å²) >= 11 is 0.110. The van der Waals surface area contributed by atoms with Crippen molar-refractivity contribution in [2.24, 2.45) is 11.0 Å². The van der Waals surface area contributed by atoms with Crippen LogP contribution in [0.2, 0.25) is 4.71 Å². The number of ether oxygens (including phenoxy) is 1. The first-order chi connectivity index (χ1) is 12.0. The summed E-state index contributed by atoms with van der Waals surface area (Å²) in [6.07, 6.45) is 1.07. The van der Waals surface area contributed by atoms with Gasteiger partial charge in [0.15, 0.2) is 0 Å². The SMILES string of the molecule is CC(C)Cc1cc2c(cc1[As]C1CNC1)N1C(=NNC(=O)C1C)CO2. The molecule has 6 nitrogen and oxygen atoms in total. The Labute approximate surface area is 155 Å². The van der Waals surface area contributed by atoms with E-state index < -0.39 is 0 Å². The fraction of sp³-hybridized carbons (Fsp3) is 0.556. The van der Waals surface area contributed by atoms with Gasteiger partial charge in [0.05, 0.1) is 0 Å². The number of rotatable bonds is 4. The van der Waals surface area contributed by atoms with Gasteiger partial charge in [0.1, 0.15) is 0 Å². The quantitative estimate of drug-likeness (QED) is 0.725. The molecule has 1 radical (unpaired) electrons. The first-order valence-electron chi connectivity index (χ1n) is 8.90. The van der Waals surface area contributed by atoms with E-state index in [0.717, 1.165) is 41.5 Å². The molecule has 1 atom stereocenters. The third kappa shape index (κ3) is 3.18. The number of amidine groups is 1. The number of hydrogen-bond donors (Lipinski definition) is 2. The molecule has 0 saturated carbocycles. The molecule has 1 unspecified atom stereocenters. The molecule has 2 N–H and O–H groups in total. The topological polar surface area (TPSA) is 66.0 Å². The summed E-state index contributed by atoms with van der Waals surface area (Å²) in [5.74, 6) is 2.20. The molecular weight excluding hydrogens is 379 g/mol. The molecule has 1 aromatic rings. The van der Waals surface area contributed by atoms with Crippen LogP contribution in [-0.2, 0) is 11.2 Å². The predicted octanol–water partition coefficient (Wildman–Crippen LogP) is 0.637. The van der Waals surface area contributed by atoms with E-state index in [1.165, 1.54) is 9.91 Å². The Morgan fingerprint density at radius 2 is 2.20 bits per heavy atom. The van der Waals surface area contributed by atoms with Gasteiger partial charge < -0.3 is 0 Å². The number of anilines is 1. The van der Waals surface area contributed by atoms with E-state index in [9.17, 15) is 4.79 Å². The number of benzene rings is 1. The van der Waals surface area contributed by atoms with E-state index in [4.69, 9.17) is 4.74 Å². The molecule has 0 aliphatic carbocycles. The molecule has 3 aliphatic rings. The molecule has 0 aromatic heterocycles. The van der Waals surface area contributed by atoms with Crippen molar-refractivity contribution in [1.29, 1.82) is 0 Å². The predicted molar refractivity (Wildman–Crippen MR) is 100 cm³/mol. The molecular formula is C18H24AsN4O2. The van der Waals surface area contributed by atoms with E-state index in [1.807, 2.05) is 11.8 Å². The standard InChI is InChI=1S/C18H24AsN4O2/c1-10(2)4-12-5-16-15(6-14(12)19-13-7-20-8-13)23-11(3)18(24)22-21-17(23)9-25-16/h5-6,10-11,13,20H,4,7-9H2,1-3H3,(H,22,24). The van der Waals surface area contributed by atoms with Crippen molar-refractivity contribution in [2.45, 2.75) is 37.9 Å². The number of carbonyl (C=O) groups is 1. The van der Waals surface area contributed by atoms with Crippen LogP contribution < -0.4 is 24.7 Å². The van der Waals surface area contributed by atoms with Crippen LogP contribution in [0.1, 0.15) is 26.3 Å². The van der Waals surface area contributed by atoms with Crippen LogP contribution in [-0.4, -0.2) is 53.2 Å². The van der Waals surface area contributed by atoms with Crippen molar-refractivity contribution in [2.75, 3.05) is 24.6 Å². The summed E-state index contributed by atoms with van der Waals surface area (Å²) in [7, 11) is 0. The zero-order valence-electron chi connectivity index (χ0n) is 14.9. The molecule has 1 aromatic carbocycles. The molecule has 133 valence electrons. The van der Waals surface area contributed by atoms with Crippen LogP contribution >= 0.6 is 0 Å². The number of fused-ring (bicyclic) bond motifs is 3. The van der Waals surface area contributed by atoms with Gasteiger partial charge in [-0.05, 0) is 0 Å². The zero-order chi connectivity index (χ0) is 17.6. The van der Waals surface area contributed by atoms with Crippen LogP contribution in [0.25, 0.3) is 0 Å². The van der Waals surface area contributed by atoms with Crippen molar-refractivity contribution in [3.63, 3.8) is 0 Å². The van der Waals surface area contributed by atoms with Gasteiger partial charge in [-0.2, -0.15) is 0 Å². The zero-order valence-corrected chi connectivity index (χ0v) is 16.7. The molecule has 0 bridgehead atoms. The summed E-state index contributed by atoms with van der Waals surface area (Å²) in [5, 5.41) is 7.56. The van der Waals surface area contributed by atoms with Gasteiger partial charge in [0, 0.05) is 0 Å². The van der Waals surface area contributed by atoms with E-state index in [0.29, 0.717) is 12.5 Å². The van der Waals surface area contributed by atoms with Crippen molar-refractivity contribution in [1.82, 2.24) is 10.7 Å². The number of nitrogens with zero attached hydrogens (tertiary/aromatic N) is 2. The van der Waals surface area contributed by atoms with Crippen LogP contribution in [0.3, 0.4) is 0 Å². The van der Waals surface area contributed by atoms with Gasteiger partial charge >= 0.3 is 155 Å². The van der Waals surface area contributed by atoms with E-state index in [2.05, 4.69) is 41.8 Å². The number of amides is 1. The second-order valence-electron chi connectivity index (χ2n) is 7.33. The Kier molecular flexibility index (Phi) is 4.50. The maximum absolute atomic E-state index is 12.1. The summed E-state index contributed by atoms with van der Waals surface area (Å²) < 4.78 is 8.24. The van der Waals surface area contributed by atoms with Crippen molar-refractivity contribution >= 4 is 37.5 Å². The number of nitrogens with one attached hydrogen (secondary N) is 2. The normalized spacial score (nSPS) is 23.0. The minimum absolute atomic E-state index is 0.0686. The Morgan fingerprint density at radius 3 is 2.88 bits per heavy atom. The van der Waals surface area contributed by atoms with Crippen LogP contribution in [0, 0.1) is 5.92 Å². The van der Waals surface area contributed by atoms with E-state index in [-0.39, 0.29) is 27.7 Å². The van der Waals surface area contributed by atoms with E-state index in [1.54, 1.807) is 0 Å². The second kappa shape index (κ2) is 6.65. The number of hydrazone groups is 1. The summed E-state index contributed by atoms with van der Waals surface area (Å²) in [6.45, 7) is 9.09. The van der Waals surface area contributed by atoms with Gasteiger partial charge in [-0.15, -0.1) is 0 Å². The summed E-state index contributed by atoms with van der Waals surface area (Å²) in [4.78, 5) is 14.1. The monoisotopic (exact) mass is 403 g/mol. The number of hydrogen-bond acceptors (Lipinski definition) is 5. The molecule has 0 spiro atoms. The van der Waals surface area contributed by atoms with Crippen LogP contribution in [0.5, 0.6) is 5.75 Å². The molecule has 7 heteroatoms. The molecule has 1 fully saturated rings. The molecule has 3 aliphatic heterocycles. The Balaban J connectivity index is 1.75. The molecule has 1 saturated heterocycles. The van der Waals surface area contributed by atoms with Crippen molar-refractivity contribution < 1.29 is 9.53 Å². The molecule has 1 amide bonds. The molecule has 25 heavy (non-hydrogen) atoms. The minimum atomic E-state index is -0.263. The van der Waals surface area contributed by atoms with Crippen LogP contribution in [0.4, 0.5) is 5.69 Å². The molecule has 3 heterocycles. The third-order valence-electron chi connectivity index (χ3n) is 4.83. The average Bonchev–Trinajstić information content (AvgIpc) is 2.53. The first-order valence-corrected chi connectivity index (χ1v) is 10.9. The average molecular weight is 403 g/mol. The third-order valence-corrected chi connectivity index (χ3v) is 7.82. The Hall–Kier alpha value is -1.52. The fourth-order valence-corrected chi connectivity index (χ4v) is 6.23. The summed E-state index contributed by atoms with van der Waals surface area (Å²) in [5.41, 5.74) is 5.00. The van der Waals surface area contributed by atoms with Crippen molar-refractivity contribution in [3.8, 4) is 5.75 Å². The fourth-order valence-electron chi connectivity index (χ4n) is 3.39. The summed E-state index contributed by atoms with van der Waals surface area (Å²) in [6, 6.07) is 4.22. The van der Waals surface area contributed by atoms with Gasteiger partial charge in [0.25, 0.3) is 0 Å². The van der Waals surface area contributed by atoms with Crippen molar-refractivity contribution in [3.05, 3.63) is 17.7 Å². The van der Waals surface area contributed by atoms with Gasteiger partial charge in [-0.25, -0.2) is 0 Å². The molecule has 4 rings (SSSR count). The van der Waals surface area contributed by atoms with Gasteiger partial charge in [-0.3, -0.25) is 0 Å². The Bertz CT molecular complexity index is 730. The maximum atomic E-state index is 12.1.